The SMILES string of the molecule is Cc1ccc(CNc2nc(NCC(C)C)c(C=N)c(=O)[nH]2)cc1. The number of hydrogen-bond acceptors (Lipinski definition) is 5. The third kappa shape index (κ3) is 4.67. The minimum absolute atomic E-state index is 0.242. The Hall–Kier alpha value is -2.63. The molecule has 0 fully saturated rings. The second kappa shape index (κ2) is 7.58. The van der Waals surface area contributed by atoms with E-state index in [1.165, 1.54) is 5.56 Å². The zero-order chi connectivity index (χ0) is 16.8. The molecule has 1 aromatic carbocycles. The number of rotatable bonds is 7. The lowest BCUT2D eigenvalue weighted by atomic mass is 10.1. The van der Waals surface area contributed by atoms with Crippen molar-refractivity contribution in [3.8, 4) is 0 Å². The Morgan fingerprint density at radius 3 is 2.57 bits per heavy atom. The highest BCUT2D eigenvalue weighted by Gasteiger charge is 2.10. The lowest BCUT2D eigenvalue weighted by Crippen LogP contribution is -2.21. The number of benzene rings is 1. The molecule has 0 amide bonds. The minimum Gasteiger partial charge on any atom is -0.369 e. The Kier molecular flexibility index (Phi) is 5.51. The van der Waals surface area contributed by atoms with Gasteiger partial charge in [0.1, 0.15) is 5.82 Å². The number of aryl methyl sites for hydroxylation is 1. The largest absolute Gasteiger partial charge is 0.369 e. The summed E-state index contributed by atoms with van der Waals surface area (Å²) < 4.78 is 0. The first kappa shape index (κ1) is 16.7. The molecule has 6 nitrogen and oxygen atoms in total. The Balaban J connectivity index is 2.16. The van der Waals surface area contributed by atoms with E-state index in [4.69, 9.17) is 5.41 Å². The van der Waals surface area contributed by atoms with Crippen molar-refractivity contribution in [2.75, 3.05) is 17.2 Å². The van der Waals surface area contributed by atoms with E-state index < -0.39 is 0 Å². The van der Waals surface area contributed by atoms with Crippen LogP contribution in [0.5, 0.6) is 0 Å². The van der Waals surface area contributed by atoms with Gasteiger partial charge in [0.15, 0.2) is 0 Å². The standard InChI is InChI=1S/C17H23N5O/c1-11(2)9-19-15-14(8-18)16(23)22-17(21-15)20-10-13-6-4-12(3)5-7-13/h4-8,11,18H,9-10H2,1-3H3,(H3,19,20,21,22,23). The minimum atomic E-state index is -0.326. The van der Waals surface area contributed by atoms with Crippen LogP contribution in [-0.4, -0.2) is 22.7 Å². The first-order valence-corrected chi connectivity index (χ1v) is 7.67. The zero-order valence-electron chi connectivity index (χ0n) is 13.7. The van der Waals surface area contributed by atoms with Crippen molar-refractivity contribution in [1.82, 2.24) is 9.97 Å². The number of H-pyrrole nitrogens is 1. The highest BCUT2D eigenvalue weighted by molar-refractivity contribution is 5.83. The molecular formula is C17H23N5O. The zero-order valence-corrected chi connectivity index (χ0v) is 13.7. The second-order valence-electron chi connectivity index (χ2n) is 5.94. The molecule has 0 aliphatic rings. The second-order valence-corrected chi connectivity index (χ2v) is 5.94. The summed E-state index contributed by atoms with van der Waals surface area (Å²) in [5, 5.41) is 13.6. The monoisotopic (exact) mass is 313 g/mol. The number of anilines is 2. The van der Waals surface area contributed by atoms with E-state index in [-0.39, 0.29) is 11.1 Å². The molecule has 122 valence electrons. The molecule has 23 heavy (non-hydrogen) atoms. The maximum Gasteiger partial charge on any atom is 0.263 e. The molecule has 0 unspecified atom stereocenters. The molecule has 1 heterocycles. The molecule has 0 saturated carbocycles. The first-order valence-electron chi connectivity index (χ1n) is 7.67. The first-order chi connectivity index (χ1) is 11.0. The number of aromatic nitrogens is 2. The van der Waals surface area contributed by atoms with Crippen molar-refractivity contribution in [1.29, 1.82) is 5.41 Å². The van der Waals surface area contributed by atoms with Crippen LogP contribution in [0, 0.1) is 18.3 Å². The summed E-state index contributed by atoms with van der Waals surface area (Å²) in [6, 6.07) is 8.15. The van der Waals surface area contributed by atoms with Gasteiger partial charge in [-0.3, -0.25) is 9.78 Å². The van der Waals surface area contributed by atoms with Gasteiger partial charge in [-0.15, -0.1) is 0 Å². The normalized spacial score (nSPS) is 10.6. The maximum atomic E-state index is 12.1. The molecule has 0 saturated heterocycles. The van der Waals surface area contributed by atoms with Crippen molar-refractivity contribution in [2.45, 2.75) is 27.3 Å². The van der Waals surface area contributed by atoms with Crippen molar-refractivity contribution in [3.05, 3.63) is 51.3 Å². The fourth-order valence-electron chi connectivity index (χ4n) is 2.03. The van der Waals surface area contributed by atoms with Crippen LogP contribution in [0.3, 0.4) is 0 Å². The van der Waals surface area contributed by atoms with Crippen molar-refractivity contribution < 1.29 is 0 Å². The molecule has 0 bridgehead atoms. The number of nitrogens with one attached hydrogen (secondary N) is 4. The average Bonchev–Trinajstić information content (AvgIpc) is 2.52. The van der Waals surface area contributed by atoms with Crippen LogP contribution < -0.4 is 16.2 Å². The molecular weight excluding hydrogens is 290 g/mol. The molecule has 0 spiro atoms. The van der Waals surface area contributed by atoms with Gasteiger partial charge >= 0.3 is 0 Å². The highest BCUT2D eigenvalue weighted by Crippen LogP contribution is 2.11. The third-order valence-corrected chi connectivity index (χ3v) is 3.36. The molecule has 2 rings (SSSR count). The Labute approximate surface area is 135 Å². The third-order valence-electron chi connectivity index (χ3n) is 3.36. The van der Waals surface area contributed by atoms with Crippen LogP contribution in [0.15, 0.2) is 29.1 Å². The molecule has 4 N–H and O–H groups in total. The van der Waals surface area contributed by atoms with Gasteiger partial charge in [-0.05, 0) is 18.4 Å². The van der Waals surface area contributed by atoms with Crippen molar-refractivity contribution in [3.63, 3.8) is 0 Å². The smallest absolute Gasteiger partial charge is 0.263 e. The van der Waals surface area contributed by atoms with Crippen LogP contribution >= 0.6 is 0 Å². The van der Waals surface area contributed by atoms with E-state index in [1.807, 2.05) is 31.2 Å². The molecule has 0 atom stereocenters. The lowest BCUT2D eigenvalue weighted by Gasteiger charge is -2.12. The summed E-state index contributed by atoms with van der Waals surface area (Å²) in [5.74, 6) is 1.25. The summed E-state index contributed by atoms with van der Waals surface area (Å²) in [4.78, 5) is 19.1. The number of nitrogens with zero attached hydrogens (tertiary/aromatic N) is 1. The van der Waals surface area contributed by atoms with Gasteiger partial charge < -0.3 is 16.0 Å². The van der Waals surface area contributed by atoms with Crippen LogP contribution in [-0.2, 0) is 6.54 Å². The fourth-order valence-corrected chi connectivity index (χ4v) is 2.03. The number of aromatic amines is 1. The van der Waals surface area contributed by atoms with Crippen LogP contribution in [0.2, 0.25) is 0 Å². The Bertz CT molecular complexity index is 719. The van der Waals surface area contributed by atoms with E-state index in [9.17, 15) is 4.79 Å². The number of hydrogen-bond donors (Lipinski definition) is 4. The molecule has 0 aliphatic carbocycles. The molecule has 1 aromatic heterocycles. The Morgan fingerprint density at radius 1 is 1.26 bits per heavy atom. The van der Waals surface area contributed by atoms with Crippen molar-refractivity contribution >= 4 is 18.0 Å². The van der Waals surface area contributed by atoms with Gasteiger partial charge in [-0.1, -0.05) is 43.7 Å². The van der Waals surface area contributed by atoms with Gasteiger partial charge in [0.25, 0.3) is 5.56 Å². The molecule has 0 aliphatic heterocycles. The summed E-state index contributed by atoms with van der Waals surface area (Å²) in [5.41, 5.74) is 2.22. The average molecular weight is 313 g/mol. The van der Waals surface area contributed by atoms with Gasteiger partial charge in [0, 0.05) is 19.3 Å². The van der Waals surface area contributed by atoms with Gasteiger partial charge in [0.2, 0.25) is 5.95 Å². The topological polar surface area (TPSA) is 93.7 Å². The van der Waals surface area contributed by atoms with Crippen molar-refractivity contribution in [2.24, 2.45) is 5.92 Å². The van der Waals surface area contributed by atoms with E-state index in [1.54, 1.807) is 0 Å². The van der Waals surface area contributed by atoms with E-state index >= 15 is 0 Å². The lowest BCUT2D eigenvalue weighted by molar-refractivity contribution is 0.686. The van der Waals surface area contributed by atoms with Gasteiger partial charge in [-0.2, -0.15) is 4.98 Å². The van der Waals surface area contributed by atoms with E-state index in [2.05, 4.69) is 34.4 Å². The highest BCUT2D eigenvalue weighted by atomic mass is 16.1. The van der Waals surface area contributed by atoms with Gasteiger partial charge in [-0.25, -0.2) is 0 Å². The summed E-state index contributed by atoms with van der Waals surface area (Å²) in [7, 11) is 0. The van der Waals surface area contributed by atoms with Crippen LogP contribution in [0.1, 0.15) is 30.5 Å². The molecule has 6 heteroatoms. The van der Waals surface area contributed by atoms with E-state index in [0.29, 0.717) is 30.8 Å². The molecule has 2 aromatic rings. The predicted molar refractivity (Wildman–Crippen MR) is 94.6 cm³/mol. The molecule has 0 radical (unpaired) electrons. The fraction of sp³-hybridized carbons (Fsp3) is 0.353. The summed E-state index contributed by atoms with van der Waals surface area (Å²) >= 11 is 0. The maximum absolute atomic E-state index is 12.1. The Morgan fingerprint density at radius 2 is 1.96 bits per heavy atom. The van der Waals surface area contributed by atoms with Gasteiger partial charge in [0.05, 0.1) is 5.56 Å². The van der Waals surface area contributed by atoms with E-state index in [0.717, 1.165) is 11.8 Å². The quantitative estimate of drug-likeness (QED) is 0.591. The summed E-state index contributed by atoms with van der Waals surface area (Å²) in [6.07, 6.45) is 1.03. The predicted octanol–water partition coefficient (Wildman–Crippen LogP) is 2.76. The van der Waals surface area contributed by atoms with Crippen LogP contribution in [0.4, 0.5) is 11.8 Å². The van der Waals surface area contributed by atoms with Crippen LogP contribution in [0.25, 0.3) is 0 Å². The summed E-state index contributed by atoms with van der Waals surface area (Å²) in [6.45, 7) is 7.44.